The number of hydrogen-bond donors (Lipinski definition) is 2. The van der Waals surface area contributed by atoms with Gasteiger partial charge < -0.3 is 5.32 Å². The van der Waals surface area contributed by atoms with E-state index < -0.39 is 15.9 Å². The zero-order chi connectivity index (χ0) is 20.2. The first kappa shape index (κ1) is 20.1. The summed E-state index contributed by atoms with van der Waals surface area (Å²) in [7, 11) is -4.09. The summed E-state index contributed by atoms with van der Waals surface area (Å²) >= 11 is 0. The molecule has 2 aromatic carbocycles. The molecule has 2 N–H and O–H groups in total. The van der Waals surface area contributed by atoms with Gasteiger partial charge in [0.2, 0.25) is 0 Å². The second kappa shape index (κ2) is 7.96. The number of carbonyl (C=O) groups excluding carboxylic acids is 3. The lowest BCUT2D eigenvalue weighted by atomic mass is 10.1. The normalized spacial score (nSPS) is 10.7. The number of sulfonamides is 1. The van der Waals surface area contributed by atoms with Gasteiger partial charge >= 0.3 is 0 Å². The highest BCUT2D eigenvalue weighted by Crippen LogP contribution is 2.15. The number of carbonyl (C=O) groups is 3. The average Bonchev–Trinajstić information content (AvgIpc) is 2.61. The molecule has 0 radical (unpaired) electrons. The van der Waals surface area contributed by atoms with Crippen molar-refractivity contribution in [2.45, 2.75) is 18.7 Å². The maximum Gasteiger partial charge on any atom is 0.264 e. The van der Waals surface area contributed by atoms with Gasteiger partial charge in [-0.15, -0.1) is 0 Å². The van der Waals surface area contributed by atoms with Crippen molar-refractivity contribution in [3.8, 4) is 0 Å². The summed E-state index contributed by atoms with van der Waals surface area (Å²) in [5.41, 5.74) is 1.23. The van der Waals surface area contributed by atoms with Crippen LogP contribution in [0.5, 0.6) is 0 Å². The first-order chi connectivity index (χ1) is 12.6. The Labute approximate surface area is 157 Å². The molecule has 140 valence electrons. The molecule has 0 aliphatic rings. The number of anilines is 1. The number of hydrogen-bond acceptors (Lipinski definition) is 5. The molecule has 27 heavy (non-hydrogen) atoms. The van der Waals surface area contributed by atoms with Gasteiger partial charge in [0.1, 0.15) is 0 Å². The third kappa shape index (κ3) is 5.11. The highest BCUT2D eigenvalue weighted by atomic mass is 32.2. The van der Waals surface area contributed by atoms with Gasteiger partial charge in [0, 0.05) is 22.4 Å². The topological polar surface area (TPSA) is 109 Å². The van der Waals surface area contributed by atoms with Crippen LogP contribution in [0.15, 0.2) is 65.6 Å². The van der Waals surface area contributed by atoms with E-state index in [2.05, 4.69) is 11.9 Å². The molecular formula is C19H18N2O5S. The van der Waals surface area contributed by atoms with Crippen molar-refractivity contribution >= 4 is 33.3 Å². The molecule has 0 fully saturated rings. The number of benzene rings is 2. The molecule has 0 bridgehead atoms. The Balaban J connectivity index is 2.13. The van der Waals surface area contributed by atoms with Gasteiger partial charge in [0.05, 0.1) is 4.90 Å². The van der Waals surface area contributed by atoms with Crippen LogP contribution in [-0.4, -0.2) is 26.0 Å². The van der Waals surface area contributed by atoms with Gasteiger partial charge in [-0.25, -0.2) is 13.1 Å². The van der Waals surface area contributed by atoms with E-state index in [0.29, 0.717) is 16.8 Å². The minimum absolute atomic E-state index is 0.105. The standard InChI is InChI=1S/C19H18N2O5S/c1-12(2)18(23)20-16-8-10-17(11-9-16)27(25,26)21-19(24)15-6-4-14(5-7-15)13(3)22/h4-11H,1H2,2-3H3,(H,20,23)(H,21,24). The molecular weight excluding hydrogens is 368 g/mol. The molecule has 2 aromatic rings. The highest BCUT2D eigenvalue weighted by Gasteiger charge is 2.19. The number of amides is 2. The third-order valence-electron chi connectivity index (χ3n) is 3.59. The predicted molar refractivity (Wildman–Crippen MR) is 101 cm³/mol. The van der Waals surface area contributed by atoms with E-state index in [4.69, 9.17) is 0 Å². The van der Waals surface area contributed by atoms with Crippen molar-refractivity contribution in [1.29, 1.82) is 0 Å². The van der Waals surface area contributed by atoms with E-state index in [1.165, 1.54) is 55.5 Å². The van der Waals surface area contributed by atoms with Crippen LogP contribution in [-0.2, 0) is 14.8 Å². The molecule has 0 saturated heterocycles. The molecule has 2 amide bonds. The lowest BCUT2D eigenvalue weighted by Crippen LogP contribution is -2.30. The predicted octanol–water partition coefficient (Wildman–Crippen LogP) is 2.52. The van der Waals surface area contributed by atoms with Crippen LogP contribution in [0.4, 0.5) is 5.69 Å². The van der Waals surface area contributed by atoms with Crippen LogP contribution in [0, 0.1) is 0 Å². The summed E-state index contributed by atoms with van der Waals surface area (Å²) in [5, 5.41) is 2.55. The van der Waals surface area contributed by atoms with Crippen LogP contribution < -0.4 is 10.0 Å². The number of Topliss-reactive ketones (excluding diaryl/α,β-unsaturated/α-hetero) is 1. The van der Waals surface area contributed by atoms with Crippen molar-refractivity contribution in [2.24, 2.45) is 0 Å². The summed E-state index contributed by atoms with van der Waals surface area (Å²) in [6, 6.07) is 11.0. The monoisotopic (exact) mass is 386 g/mol. The second-order valence-electron chi connectivity index (χ2n) is 5.83. The quantitative estimate of drug-likeness (QED) is 0.586. The summed E-state index contributed by atoms with van der Waals surface area (Å²) in [5.74, 6) is -1.36. The fraction of sp³-hybridized carbons (Fsp3) is 0.105. The van der Waals surface area contributed by atoms with E-state index >= 15 is 0 Å². The van der Waals surface area contributed by atoms with Crippen LogP contribution in [0.3, 0.4) is 0 Å². The zero-order valence-corrected chi connectivity index (χ0v) is 15.6. The number of nitrogens with one attached hydrogen (secondary N) is 2. The van der Waals surface area contributed by atoms with Gasteiger partial charge in [0.15, 0.2) is 5.78 Å². The molecule has 0 atom stereocenters. The van der Waals surface area contributed by atoms with Gasteiger partial charge in [-0.1, -0.05) is 18.7 Å². The van der Waals surface area contributed by atoms with E-state index in [-0.39, 0.29) is 22.1 Å². The molecule has 0 aliphatic carbocycles. The molecule has 0 spiro atoms. The van der Waals surface area contributed by atoms with E-state index in [9.17, 15) is 22.8 Å². The smallest absolute Gasteiger partial charge is 0.264 e. The van der Waals surface area contributed by atoms with Gasteiger partial charge in [-0.05, 0) is 50.2 Å². The summed E-state index contributed by atoms with van der Waals surface area (Å²) in [6.07, 6.45) is 0. The average molecular weight is 386 g/mol. The largest absolute Gasteiger partial charge is 0.322 e. The van der Waals surface area contributed by atoms with E-state index in [1.807, 2.05) is 4.72 Å². The maximum absolute atomic E-state index is 12.3. The Morgan fingerprint density at radius 1 is 0.852 bits per heavy atom. The summed E-state index contributed by atoms with van der Waals surface area (Å²) < 4.78 is 26.7. The Kier molecular flexibility index (Phi) is 5.91. The Hall–Kier alpha value is -3.26. The van der Waals surface area contributed by atoms with Gasteiger partial charge in [-0.3, -0.25) is 14.4 Å². The first-order valence-corrected chi connectivity index (χ1v) is 9.33. The molecule has 0 unspecified atom stereocenters. The van der Waals surface area contributed by atoms with Crippen molar-refractivity contribution in [2.75, 3.05) is 5.32 Å². The third-order valence-corrected chi connectivity index (χ3v) is 4.94. The molecule has 8 heteroatoms. The summed E-state index contributed by atoms with van der Waals surface area (Å²) in [4.78, 5) is 34.8. The van der Waals surface area contributed by atoms with Crippen molar-refractivity contribution in [1.82, 2.24) is 4.72 Å². The minimum Gasteiger partial charge on any atom is -0.322 e. The molecule has 2 rings (SSSR count). The summed E-state index contributed by atoms with van der Waals surface area (Å²) in [6.45, 7) is 6.45. The molecule has 0 aliphatic heterocycles. The molecule has 0 saturated carbocycles. The second-order valence-corrected chi connectivity index (χ2v) is 7.51. The first-order valence-electron chi connectivity index (χ1n) is 7.85. The lowest BCUT2D eigenvalue weighted by molar-refractivity contribution is -0.112. The zero-order valence-electron chi connectivity index (χ0n) is 14.8. The maximum atomic E-state index is 12.3. The molecule has 7 nitrogen and oxygen atoms in total. The SMILES string of the molecule is C=C(C)C(=O)Nc1ccc(S(=O)(=O)NC(=O)c2ccc(C(C)=O)cc2)cc1. The Bertz CT molecular complexity index is 1010. The van der Waals surface area contributed by atoms with Crippen LogP contribution in [0.2, 0.25) is 0 Å². The van der Waals surface area contributed by atoms with Crippen LogP contribution in [0.1, 0.15) is 34.6 Å². The Morgan fingerprint density at radius 2 is 1.37 bits per heavy atom. The number of rotatable bonds is 6. The fourth-order valence-electron chi connectivity index (χ4n) is 2.05. The van der Waals surface area contributed by atoms with Crippen molar-refractivity contribution < 1.29 is 22.8 Å². The van der Waals surface area contributed by atoms with Crippen molar-refractivity contribution in [3.63, 3.8) is 0 Å². The van der Waals surface area contributed by atoms with Gasteiger partial charge in [-0.2, -0.15) is 0 Å². The molecule has 0 aromatic heterocycles. The van der Waals surface area contributed by atoms with Crippen LogP contribution >= 0.6 is 0 Å². The highest BCUT2D eigenvalue weighted by molar-refractivity contribution is 7.90. The van der Waals surface area contributed by atoms with Crippen molar-refractivity contribution in [3.05, 3.63) is 71.8 Å². The van der Waals surface area contributed by atoms with E-state index in [1.54, 1.807) is 6.92 Å². The lowest BCUT2D eigenvalue weighted by Gasteiger charge is -2.09. The fourth-order valence-corrected chi connectivity index (χ4v) is 3.03. The minimum atomic E-state index is -4.09. The Morgan fingerprint density at radius 3 is 1.85 bits per heavy atom. The van der Waals surface area contributed by atoms with E-state index in [0.717, 1.165) is 0 Å². The number of ketones is 1. The molecule has 0 heterocycles. The van der Waals surface area contributed by atoms with Crippen LogP contribution in [0.25, 0.3) is 0 Å². The van der Waals surface area contributed by atoms with Gasteiger partial charge in [0.25, 0.3) is 21.8 Å².